The molecule has 6 nitrogen and oxygen atoms in total. The van der Waals surface area contributed by atoms with Crippen molar-refractivity contribution in [1.29, 1.82) is 0 Å². The Labute approximate surface area is 130 Å². The molecule has 0 unspecified atom stereocenters. The van der Waals surface area contributed by atoms with E-state index < -0.39 is 0 Å². The predicted molar refractivity (Wildman–Crippen MR) is 82.8 cm³/mol. The number of nitrogens with zero attached hydrogens (tertiary/aromatic N) is 4. The van der Waals surface area contributed by atoms with Crippen LogP contribution in [-0.4, -0.2) is 52.0 Å². The maximum atomic E-state index is 12.2. The van der Waals surface area contributed by atoms with Gasteiger partial charge in [-0.3, -0.25) is 9.20 Å². The van der Waals surface area contributed by atoms with E-state index >= 15 is 0 Å². The Morgan fingerprint density at radius 3 is 3.18 bits per heavy atom. The van der Waals surface area contributed by atoms with Crippen molar-refractivity contribution in [3.63, 3.8) is 0 Å². The van der Waals surface area contributed by atoms with E-state index in [2.05, 4.69) is 11.1 Å². The molecule has 0 aliphatic carbocycles. The number of piperidine rings is 1. The topological polar surface area (TPSA) is 59.7 Å². The number of fused-ring (bicyclic) bond motifs is 1. The molecule has 0 saturated carbocycles. The number of carbonyl (C=O) groups excluding carboxylic acids is 1. The molecule has 1 saturated heterocycles. The van der Waals surface area contributed by atoms with Gasteiger partial charge >= 0.3 is 0 Å². The van der Waals surface area contributed by atoms with Crippen LogP contribution in [0.5, 0.6) is 0 Å². The van der Waals surface area contributed by atoms with E-state index in [0.717, 1.165) is 43.0 Å². The van der Waals surface area contributed by atoms with Crippen molar-refractivity contribution in [3.05, 3.63) is 30.1 Å². The monoisotopic (exact) mass is 302 g/mol. The quantitative estimate of drug-likeness (QED) is 0.864. The van der Waals surface area contributed by atoms with Crippen molar-refractivity contribution >= 4 is 11.4 Å². The van der Waals surface area contributed by atoms with Gasteiger partial charge in [0.1, 0.15) is 12.2 Å². The molecule has 3 heterocycles. The summed E-state index contributed by atoms with van der Waals surface area (Å²) in [5.41, 5.74) is 2.13. The van der Waals surface area contributed by atoms with Gasteiger partial charge in [0, 0.05) is 31.8 Å². The lowest BCUT2D eigenvalue weighted by atomic mass is 9.94. The van der Waals surface area contributed by atoms with Gasteiger partial charge in [0.2, 0.25) is 5.91 Å². The van der Waals surface area contributed by atoms with Gasteiger partial charge in [0.15, 0.2) is 0 Å². The molecular weight excluding hydrogens is 280 g/mol. The summed E-state index contributed by atoms with van der Waals surface area (Å²) in [4.78, 5) is 23.0. The van der Waals surface area contributed by atoms with Gasteiger partial charge in [-0.2, -0.15) is 0 Å². The van der Waals surface area contributed by atoms with Crippen LogP contribution in [0.4, 0.5) is 0 Å². The largest absolute Gasteiger partial charge is 0.384 e. The van der Waals surface area contributed by atoms with Crippen LogP contribution in [0.1, 0.15) is 36.7 Å². The molecule has 1 aliphatic heterocycles. The van der Waals surface area contributed by atoms with Crippen LogP contribution >= 0.6 is 0 Å². The fraction of sp³-hybridized carbons (Fsp3) is 0.562. The molecule has 0 bridgehead atoms. The van der Waals surface area contributed by atoms with E-state index in [4.69, 9.17) is 9.72 Å². The third-order valence-corrected chi connectivity index (χ3v) is 4.31. The second kappa shape index (κ2) is 6.44. The second-order valence-corrected chi connectivity index (χ2v) is 5.84. The molecule has 2 aromatic rings. The Kier molecular flexibility index (Phi) is 4.38. The maximum absolute atomic E-state index is 12.2. The summed E-state index contributed by atoms with van der Waals surface area (Å²) in [5, 5.41) is 0. The van der Waals surface area contributed by atoms with Gasteiger partial charge in [-0.15, -0.1) is 0 Å². The average Bonchev–Trinajstić information content (AvgIpc) is 3.02. The molecule has 3 rings (SSSR count). The van der Waals surface area contributed by atoms with E-state index in [-0.39, 0.29) is 5.91 Å². The number of aromatic nitrogens is 3. The zero-order valence-corrected chi connectivity index (χ0v) is 13.2. The fourth-order valence-electron chi connectivity index (χ4n) is 3.11. The summed E-state index contributed by atoms with van der Waals surface area (Å²) in [6.07, 6.45) is 6.18. The van der Waals surface area contributed by atoms with Gasteiger partial charge < -0.3 is 9.64 Å². The lowest BCUT2D eigenvalue weighted by Gasteiger charge is -2.32. The molecule has 1 aliphatic rings. The molecular formula is C16H22N4O2. The first-order valence-corrected chi connectivity index (χ1v) is 7.75. The molecule has 0 radical (unpaired) electrons. The highest BCUT2D eigenvalue weighted by molar-refractivity contribution is 5.76. The van der Waals surface area contributed by atoms with Crippen molar-refractivity contribution in [1.82, 2.24) is 19.3 Å². The number of ether oxygens (including phenoxy) is 1. The summed E-state index contributed by atoms with van der Waals surface area (Å²) in [6, 6.07) is 2.09. The third kappa shape index (κ3) is 2.97. The molecule has 2 aromatic heterocycles. The van der Waals surface area contributed by atoms with Crippen molar-refractivity contribution in [2.24, 2.45) is 0 Å². The van der Waals surface area contributed by atoms with Crippen LogP contribution in [-0.2, 0) is 9.53 Å². The van der Waals surface area contributed by atoms with Crippen molar-refractivity contribution in [2.45, 2.75) is 32.1 Å². The lowest BCUT2D eigenvalue weighted by Crippen LogP contribution is -2.39. The normalized spacial score (nSPS) is 18.8. The summed E-state index contributed by atoms with van der Waals surface area (Å²) >= 11 is 0. The van der Waals surface area contributed by atoms with Gasteiger partial charge in [-0.25, -0.2) is 9.97 Å². The number of imidazole rings is 1. The number of hydrogen-bond acceptors (Lipinski definition) is 4. The second-order valence-electron chi connectivity index (χ2n) is 5.84. The first-order chi connectivity index (χ1) is 10.7. The number of amides is 1. The van der Waals surface area contributed by atoms with Crippen LogP contribution < -0.4 is 0 Å². The SMILES string of the molecule is COCCC(=O)N1CCC[C@@H](c2cc3cncn3c(C)n2)C1. The zero-order chi connectivity index (χ0) is 15.5. The molecule has 1 atom stereocenters. The number of rotatable bonds is 4. The highest BCUT2D eigenvalue weighted by Gasteiger charge is 2.25. The van der Waals surface area contributed by atoms with E-state index in [1.165, 1.54) is 0 Å². The van der Waals surface area contributed by atoms with Crippen molar-refractivity contribution in [3.8, 4) is 0 Å². The minimum Gasteiger partial charge on any atom is -0.384 e. The minimum atomic E-state index is 0.175. The summed E-state index contributed by atoms with van der Waals surface area (Å²) in [5.74, 6) is 1.42. The Balaban J connectivity index is 1.76. The Morgan fingerprint density at radius 2 is 2.36 bits per heavy atom. The number of aryl methyl sites for hydroxylation is 1. The van der Waals surface area contributed by atoms with Crippen LogP contribution in [0.25, 0.3) is 5.52 Å². The predicted octanol–water partition coefficient (Wildman–Crippen LogP) is 1.78. The molecule has 0 spiro atoms. The Hall–Kier alpha value is -1.95. The highest BCUT2D eigenvalue weighted by Crippen LogP contribution is 2.27. The zero-order valence-electron chi connectivity index (χ0n) is 13.2. The van der Waals surface area contributed by atoms with Crippen LogP contribution in [0.15, 0.2) is 18.6 Å². The molecule has 0 N–H and O–H groups in total. The Bertz CT molecular complexity index is 667. The first-order valence-electron chi connectivity index (χ1n) is 7.75. The van der Waals surface area contributed by atoms with Crippen LogP contribution in [0.3, 0.4) is 0 Å². The van der Waals surface area contributed by atoms with E-state index in [9.17, 15) is 4.79 Å². The third-order valence-electron chi connectivity index (χ3n) is 4.31. The first kappa shape index (κ1) is 15.0. The molecule has 6 heteroatoms. The van der Waals surface area contributed by atoms with Crippen molar-refractivity contribution in [2.75, 3.05) is 26.8 Å². The maximum Gasteiger partial charge on any atom is 0.224 e. The van der Waals surface area contributed by atoms with E-state index in [1.54, 1.807) is 13.4 Å². The number of carbonyl (C=O) groups is 1. The van der Waals surface area contributed by atoms with Gasteiger partial charge in [0.05, 0.1) is 24.7 Å². The standard InChI is InChI=1S/C16H22N4O2/c1-12-18-15(8-14-9-17-11-20(12)14)13-4-3-6-19(10-13)16(21)5-7-22-2/h8-9,11,13H,3-7,10H2,1-2H3/t13-/m1/s1. The molecule has 1 amide bonds. The van der Waals surface area contributed by atoms with Gasteiger partial charge in [-0.1, -0.05) is 0 Å². The molecule has 118 valence electrons. The van der Waals surface area contributed by atoms with Crippen molar-refractivity contribution < 1.29 is 9.53 Å². The molecule has 1 fully saturated rings. The number of methoxy groups -OCH3 is 1. The van der Waals surface area contributed by atoms with E-state index in [0.29, 0.717) is 18.9 Å². The molecule has 22 heavy (non-hydrogen) atoms. The van der Waals surface area contributed by atoms with Gasteiger partial charge in [0.25, 0.3) is 0 Å². The fourth-order valence-corrected chi connectivity index (χ4v) is 3.11. The minimum absolute atomic E-state index is 0.175. The smallest absolute Gasteiger partial charge is 0.224 e. The lowest BCUT2D eigenvalue weighted by molar-refractivity contribution is -0.133. The summed E-state index contributed by atoms with van der Waals surface area (Å²) in [6.45, 7) is 4.06. The number of likely N-dealkylation sites (tertiary alicyclic amines) is 1. The number of hydrogen-bond donors (Lipinski definition) is 0. The molecule has 0 aromatic carbocycles. The highest BCUT2D eigenvalue weighted by atomic mass is 16.5. The Morgan fingerprint density at radius 1 is 1.50 bits per heavy atom. The van der Waals surface area contributed by atoms with Crippen LogP contribution in [0, 0.1) is 6.92 Å². The van der Waals surface area contributed by atoms with Crippen LogP contribution in [0.2, 0.25) is 0 Å². The van der Waals surface area contributed by atoms with Gasteiger partial charge in [-0.05, 0) is 25.8 Å². The average molecular weight is 302 g/mol. The summed E-state index contributed by atoms with van der Waals surface area (Å²) in [7, 11) is 1.62. The van der Waals surface area contributed by atoms with E-state index in [1.807, 2.05) is 22.4 Å². The summed E-state index contributed by atoms with van der Waals surface area (Å²) < 4.78 is 6.98.